The van der Waals surface area contributed by atoms with Crippen molar-refractivity contribution in [1.29, 1.82) is 0 Å². The van der Waals surface area contributed by atoms with Gasteiger partial charge in [0.25, 0.3) is 5.91 Å². The minimum Gasteiger partial charge on any atom is -0.494 e. The van der Waals surface area contributed by atoms with Crippen molar-refractivity contribution in [2.45, 2.75) is 59.3 Å². The molecular formula is C26H31NO2S2. The summed E-state index contributed by atoms with van der Waals surface area (Å²) in [6.07, 6.45) is 9.43. The average Bonchev–Trinajstić information content (AvgIpc) is 3.02. The van der Waals surface area contributed by atoms with Crippen molar-refractivity contribution in [2.24, 2.45) is 0 Å². The molecule has 0 N–H and O–H groups in total. The van der Waals surface area contributed by atoms with Crippen LogP contribution in [-0.4, -0.2) is 16.8 Å². The fraction of sp³-hybridized carbons (Fsp3) is 0.385. The Balaban J connectivity index is 1.58. The lowest BCUT2D eigenvalue weighted by Crippen LogP contribution is -2.28. The van der Waals surface area contributed by atoms with Gasteiger partial charge in [-0.3, -0.25) is 9.69 Å². The van der Waals surface area contributed by atoms with Crippen LogP contribution in [0.15, 0.2) is 47.4 Å². The molecule has 0 radical (unpaired) electrons. The van der Waals surface area contributed by atoms with Crippen LogP contribution in [0.5, 0.6) is 5.75 Å². The molecule has 5 heteroatoms. The molecule has 2 aromatic carbocycles. The Kier molecular flexibility index (Phi) is 8.73. The molecule has 0 unspecified atom stereocenters. The summed E-state index contributed by atoms with van der Waals surface area (Å²) in [7, 11) is 0. The van der Waals surface area contributed by atoms with Crippen molar-refractivity contribution in [2.75, 3.05) is 11.5 Å². The quantitative estimate of drug-likeness (QED) is 0.212. The number of benzene rings is 2. The van der Waals surface area contributed by atoms with Crippen molar-refractivity contribution in [3.05, 3.63) is 64.1 Å². The van der Waals surface area contributed by atoms with Gasteiger partial charge in [-0.05, 0) is 55.7 Å². The van der Waals surface area contributed by atoms with Crippen molar-refractivity contribution in [3.8, 4) is 5.75 Å². The van der Waals surface area contributed by atoms with E-state index in [1.54, 1.807) is 4.90 Å². The van der Waals surface area contributed by atoms with E-state index in [-0.39, 0.29) is 5.91 Å². The SMILES string of the molecule is CCCCCCCCOc1ccc(C=C2SC(=S)N(c3ccc(C)cc3C)C2=O)cc1. The lowest BCUT2D eigenvalue weighted by Gasteiger charge is -2.17. The molecule has 1 heterocycles. The zero-order valence-corrected chi connectivity index (χ0v) is 20.3. The number of aryl methyl sites for hydroxylation is 2. The molecule has 0 spiro atoms. The Labute approximate surface area is 195 Å². The predicted octanol–water partition coefficient (Wildman–Crippen LogP) is 7.45. The Morgan fingerprint density at radius 3 is 2.42 bits per heavy atom. The fourth-order valence-electron chi connectivity index (χ4n) is 3.62. The van der Waals surface area contributed by atoms with Crippen molar-refractivity contribution < 1.29 is 9.53 Å². The maximum Gasteiger partial charge on any atom is 0.270 e. The molecule has 1 fully saturated rings. The number of unbranched alkanes of at least 4 members (excludes halogenated alkanes) is 5. The van der Waals surface area contributed by atoms with E-state index in [1.807, 2.05) is 56.3 Å². The maximum absolute atomic E-state index is 13.0. The molecule has 0 saturated carbocycles. The summed E-state index contributed by atoms with van der Waals surface area (Å²) in [4.78, 5) is 15.3. The van der Waals surface area contributed by atoms with Gasteiger partial charge in [-0.2, -0.15) is 0 Å². The molecule has 0 bridgehead atoms. The first-order chi connectivity index (χ1) is 15.0. The van der Waals surface area contributed by atoms with Crippen LogP contribution in [-0.2, 0) is 4.79 Å². The number of thiocarbonyl (C=S) groups is 1. The molecule has 1 aliphatic rings. The van der Waals surface area contributed by atoms with Crippen LogP contribution in [0.4, 0.5) is 5.69 Å². The van der Waals surface area contributed by atoms with E-state index >= 15 is 0 Å². The molecule has 31 heavy (non-hydrogen) atoms. The minimum atomic E-state index is -0.0645. The summed E-state index contributed by atoms with van der Waals surface area (Å²) < 4.78 is 6.42. The van der Waals surface area contributed by atoms with Gasteiger partial charge in [0.15, 0.2) is 4.32 Å². The predicted molar refractivity (Wildman–Crippen MR) is 137 cm³/mol. The van der Waals surface area contributed by atoms with Gasteiger partial charge >= 0.3 is 0 Å². The van der Waals surface area contributed by atoms with Gasteiger partial charge in [-0.15, -0.1) is 0 Å². The number of amides is 1. The summed E-state index contributed by atoms with van der Waals surface area (Å²) >= 11 is 6.86. The Hall–Kier alpha value is -2.11. The van der Waals surface area contributed by atoms with Gasteiger partial charge in [0.1, 0.15) is 5.75 Å². The van der Waals surface area contributed by atoms with Crippen molar-refractivity contribution >= 4 is 46.0 Å². The van der Waals surface area contributed by atoms with Crippen LogP contribution in [0.2, 0.25) is 0 Å². The van der Waals surface area contributed by atoms with E-state index < -0.39 is 0 Å². The second-order valence-corrected chi connectivity index (χ2v) is 9.67. The lowest BCUT2D eigenvalue weighted by atomic mass is 10.1. The van der Waals surface area contributed by atoms with E-state index in [0.29, 0.717) is 9.23 Å². The van der Waals surface area contributed by atoms with E-state index in [1.165, 1.54) is 49.4 Å². The number of carbonyl (C=O) groups is 1. The first-order valence-corrected chi connectivity index (χ1v) is 12.3. The number of carbonyl (C=O) groups excluding carboxylic acids is 1. The zero-order chi connectivity index (χ0) is 22.2. The summed E-state index contributed by atoms with van der Waals surface area (Å²) in [6, 6.07) is 14.0. The average molecular weight is 454 g/mol. The lowest BCUT2D eigenvalue weighted by molar-refractivity contribution is -0.113. The molecule has 1 amide bonds. The van der Waals surface area contributed by atoms with Gasteiger partial charge in [0.2, 0.25) is 0 Å². The van der Waals surface area contributed by atoms with E-state index in [9.17, 15) is 4.79 Å². The third-order valence-corrected chi connectivity index (χ3v) is 6.63. The normalized spacial score (nSPS) is 15.2. The molecule has 1 aliphatic heterocycles. The van der Waals surface area contributed by atoms with Gasteiger partial charge in [0, 0.05) is 0 Å². The number of hydrogen-bond acceptors (Lipinski definition) is 4. The maximum atomic E-state index is 13.0. The first kappa shape index (κ1) is 23.6. The number of rotatable bonds is 10. The van der Waals surface area contributed by atoms with Crippen LogP contribution in [0.1, 0.15) is 62.1 Å². The summed E-state index contributed by atoms with van der Waals surface area (Å²) in [5.74, 6) is 0.805. The minimum absolute atomic E-state index is 0.0645. The number of hydrogen-bond donors (Lipinski definition) is 0. The molecule has 2 aromatic rings. The Morgan fingerprint density at radius 2 is 1.71 bits per heavy atom. The second kappa shape index (κ2) is 11.5. The van der Waals surface area contributed by atoms with Gasteiger partial charge < -0.3 is 4.74 Å². The molecule has 3 rings (SSSR count). The number of anilines is 1. The smallest absolute Gasteiger partial charge is 0.270 e. The van der Waals surface area contributed by atoms with Crippen molar-refractivity contribution in [1.82, 2.24) is 0 Å². The number of ether oxygens (including phenoxy) is 1. The molecule has 164 valence electrons. The third-order valence-electron chi connectivity index (χ3n) is 5.33. The highest BCUT2D eigenvalue weighted by Gasteiger charge is 2.34. The van der Waals surface area contributed by atoms with Gasteiger partial charge in [0.05, 0.1) is 17.2 Å². The molecular weight excluding hydrogens is 422 g/mol. The summed E-state index contributed by atoms with van der Waals surface area (Å²) in [6.45, 7) is 7.04. The van der Waals surface area contributed by atoms with Gasteiger partial charge in [-0.25, -0.2) is 0 Å². The van der Waals surface area contributed by atoms with E-state index in [0.717, 1.165) is 35.6 Å². The highest BCUT2D eigenvalue weighted by atomic mass is 32.2. The summed E-state index contributed by atoms with van der Waals surface area (Å²) in [5.41, 5.74) is 4.04. The molecule has 0 atom stereocenters. The van der Waals surface area contributed by atoms with Gasteiger partial charge in [-0.1, -0.05) is 92.8 Å². The van der Waals surface area contributed by atoms with Crippen LogP contribution in [0.3, 0.4) is 0 Å². The highest BCUT2D eigenvalue weighted by molar-refractivity contribution is 8.27. The Morgan fingerprint density at radius 1 is 1.00 bits per heavy atom. The monoisotopic (exact) mass is 453 g/mol. The molecule has 1 saturated heterocycles. The number of nitrogens with zero attached hydrogens (tertiary/aromatic N) is 1. The van der Waals surface area contributed by atoms with Crippen LogP contribution in [0.25, 0.3) is 6.08 Å². The Bertz CT molecular complexity index is 950. The van der Waals surface area contributed by atoms with Crippen molar-refractivity contribution in [3.63, 3.8) is 0 Å². The first-order valence-electron chi connectivity index (χ1n) is 11.1. The van der Waals surface area contributed by atoms with Crippen LogP contribution < -0.4 is 9.64 Å². The zero-order valence-electron chi connectivity index (χ0n) is 18.6. The summed E-state index contributed by atoms with van der Waals surface area (Å²) in [5, 5.41) is 0. The van der Waals surface area contributed by atoms with E-state index in [2.05, 4.69) is 13.0 Å². The third kappa shape index (κ3) is 6.44. The fourth-order valence-corrected chi connectivity index (χ4v) is 4.90. The standard InChI is InChI=1S/C26H31NO2S2/c1-4-5-6-7-8-9-16-29-22-13-11-21(12-14-22)18-24-25(28)27(26(30)31-24)23-15-10-19(2)17-20(23)3/h10-15,17-18H,4-9,16H2,1-3H3. The number of thioether (sulfide) groups is 1. The highest BCUT2D eigenvalue weighted by Crippen LogP contribution is 2.37. The molecule has 0 aliphatic carbocycles. The largest absolute Gasteiger partial charge is 0.494 e. The second-order valence-electron chi connectivity index (χ2n) is 7.99. The van der Waals surface area contributed by atoms with Crippen LogP contribution >= 0.6 is 24.0 Å². The topological polar surface area (TPSA) is 29.5 Å². The molecule has 0 aromatic heterocycles. The molecule has 3 nitrogen and oxygen atoms in total. The van der Waals surface area contributed by atoms with Crippen LogP contribution in [0, 0.1) is 13.8 Å². The van der Waals surface area contributed by atoms with E-state index in [4.69, 9.17) is 17.0 Å².